The van der Waals surface area contributed by atoms with E-state index in [0.717, 1.165) is 21.9 Å². The van der Waals surface area contributed by atoms with Crippen molar-refractivity contribution in [3.8, 4) is 10.8 Å². The van der Waals surface area contributed by atoms with Crippen LogP contribution in [0.25, 0.3) is 10.8 Å². The van der Waals surface area contributed by atoms with E-state index in [1.807, 2.05) is 17.5 Å². The van der Waals surface area contributed by atoms with E-state index in [1.54, 1.807) is 12.3 Å². The lowest BCUT2D eigenvalue weighted by Gasteiger charge is -2.04. The standard InChI is InChI=1S/C14H12N2O4S2/c1-9-8-22-14(18)16(9)5-12(17)19-6-10-7-20-13(15-10)11-3-2-4-21-11/h2-4,7-8H,5-6H2,1H3. The molecule has 0 saturated carbocycles. The Morgan fingerprint density at radius 1 is 1.45 bits per heavy atom. The van der Waals surface area contributed by atoms with E-state index < -0.39 is 5.97 Å². The summed E-state index contributed by atoms with van der Waals surface area (Å²) in [6.45, 7) is 1.70. The number of hydrogen-bond acceptors (Lipinski definition) is 7. The molecule has 22 heavy (non-hydrogen) atoms. The molecule has 0 aliphatic heterocycles. The highest BCUT2D eigenvalue weighted by molar-refractivity contribution is 7.13. The van der Waals surface area contributed by atoms with Crippen molar-refractivity contribution in [2.24, 2.45) is 0 Å². The molecule has 3 heterocycles. The van der Waals surface area contributed by atoms with Crippen molar-refractivity contribution >= 4 is 28.6 Å². The normalized spacial score (nSPS) is 10.8. The molecule has 0 radical (unpaired) electrons. The molecule has 3 aromatic heterocycles. The van der Waals surface area contributed by atoms with Crippen LogP contribution in [0, 0.1) is 6.92 Å². The quantitative estimate of drug-likeness (QED) is 0.670. The molecule has 0 bridgehead atoms. The van der Waals surface area contributed by atoms with E-state index in [9.17, 15) is 9.59 Å². The summed E-state index contributed by atoms with van der Waals surface area (Å²) in [6.07, 6.45) is 1.46. The third kappa shape index (κ3) is 3.18. The second-order valence-electron chi connectivity index (χ2n) is 4.51. The minimum Gasteiger partial charge on any atom is -0.458 e. The van der Waals surface area contributed by atoms with Crippen LogP contribution in [0.4, 0.5) is 0 Å². The van der Waals surface area contributed by atoms with Crippen LogP contribution < -0.4 is 4.87 Å². The van der Waals surface area contributed by atoms with Crippen LogP contribution in [0.1, 0.15) is 11.4 Å². The Labute approximate surface area is 133 Å². The lowest BCUT2D eigenvalue weighted by Crippen LogP contribution is -2.22. The third-order valence-electron chi connectivity index (χ3n) is 2.93. The average Bonchev–Trinajstić information content (AvgIpc) is 3.22. The number of carbonyl (C=O) groups is 1. The Hall–Kier alpha value is -2.19. The van der Waals surface area contributed by atoms with Crippen molar-refractivity contribution in [1.29, 1.82) is 0 Å². The van der Waals surface area contributed by atoms with Gasteiger partial charge in [0.05, 0.1) is 4.88 Å². The van der Waals surface area contributed by atoms with E-state index in [2.05, 4.69) is 4.98 Å². The first kappa shape index (κ1) is 14.7. The molecular formula is C14H12N2O4S2. The SMILES string of the molecule is Cc1csc(=O)n1CC(=O)OCc1coc(-c2cccs2)n1. The minimum absolute atomic E-state index is 0.0195. The molecule has 0 aromatic carbocycles. The van der Waals surface area contributed by atoms with Crippen LogP contribution in [0.5, 0.6) is 0 Å². The Bertz CT molecular complexity index is 829. The summed E-state index contributed by atoms with van der Waals surface area (Å²) in [5, 5.41) is 3.64. The van der Waals surface area contributed by atoms with E-state index in [-0.39, 0.29) is 18.0 Å². The predicted octanol–water partition coefficient (Wildman–Crippen LogP) is 2.68. The number of hydrogen-bond donors (Lipinski definition) is 0. The molecule has 0 aliphatic rings. The Morgan fingerprint density at radius 2 is 2.32 bits per heavy atom. The number of thiazole rings is 1. The van der Waals surface area contributed by atoms with Crippen molar-refractivity contribution in [2.75, 3.05) is 0 Å². The maximum absolute atomic E-state index is 11.8. The van der Waals surface area contributed by atoms with Gasteiger partial charge in [-0.15, -0.1) is 11.3 Å². The number of ether oxygens (including phenoxy) is 1. The lowest BCUT2D eigenvalue weighted by atomic mass is 10.4. The fraction of sp³-hybridized carbons (Fsp3) is 0.214. The second-order valence-corrected chi connectivity index (χ2v) is 6.28. The number of aromatic nitrogens is 2. The molecule has 0 aliphatic carbocycles. The van der Waals surface area contributed by atoms with Crippen LogP contribution in [0.2, 0.25) is 0 Å². The molecule has 0 unspecified atom stereocenters. The number of esters is 1. The van der Waals surface area contributed by atoms with Crippen LogP contribution in [0.3, 0.4) is 0 Å². The van der Waals surface area contributed by atoms with Crippen molar-refractivity contribution in [3.05, 3.63) is 50.2 Å². The van der Waals surface area contributed by atoms with Gasteiger partial charge in [0.25, 0.3) is 0 Å². The first-order chi connectivity index (χ1) is 10.6. The van der Waals surface area contributed by atoms with Gasteiger partial charge in [-0.05, 0) is 18.4 Å². The minimum atomic E-state index is -0.482. The maximum atomic E-state index is 11.8. The molecule has 3 rings (SSSR count). The number of thiophene rings is 1. The van der Waals surface area contributed by atoms with Gasteiger partial charge in [-0.25, -0.2) is 4.98 Å². The molecule has 6 nitrogen and oxygen atoms in total. The molecule has 0 saturated heterocycles. The molecular weight excluding hydrogens is 324 g/mol. The van der Waals surface area contributed by atoms with Gasteiger partial charge in [0.2, 0.25) is 5.89 Å². The number of nitrogens with zero attached hydrogens (tertiary/aromatic N) is 2. The van der Waals surface area contributed by atoms with E-state index in [1.165, 1.54) is 22.2 Å². The molecule has 0 amide bonds. The van der Waals surface area contributed by atoms with Gasteiger partial charge in [-0.2, -0.15) is 0 Å². The number of rotatable bonds is 5. The smallest absolute Gasteiger partial charge is 0.326 e. The first-order valence-corrected chi connectivity index (χ1v) is 8.18. The molecule has 0 fully saturated rings. The third-order valence-corrected chi connectivity index (χ3v) is 4.67. The largest absolute Gasteiger partial charge is 0.458 e. The summed E-state index contributed by atoms with van der Waals surface area (Å²) in [5.41, 5.74) is 1.28. The zero-order valence-electron chi connectivity index (χ0n) is 11.6. The van der Waals surface area contributed by atoms with Crippen LogP contribution in [-0.2, 0) is 22.7 Å². The van der Waals surface area contributed by atoms with Gasteiger partial charge in [0, 0.05) is 11.1 Å². The summed E-state index contributed by atoms with van der Waals surface area (Å²) in [4.78, 5) is 28.3. The van der Waals surface area contributed by atoms with Gasteiger partial charge < -0.3 is 9.15 Å². The summed E-state index contributed by atoms with van der Waals surface area (Å²) in [5.74, 6) is 0.0234. The highest BCUT2D eigenvalue weighted by atomic mass is 32.1. The number of carbonyl (C=O) groups excluding carboxylic acids is 1. The molecule has 0 spiro atoms. The molecule has 114 valence electrons. The van der Waals surface area contributed by atoms with Crippen molar-refractivity contribution < 1.29 is 13.9 Å². The number of aryl methyl sites for hydroxylation is 1. The monoisotopic (exact) mass is 336 g/mol. The van der Waals surface area contributed by atoms with Crippen molar-refractivity contribution in [1.82, 2.24) is 9.55 Å². The molecule has 0 atom stereocenters. The summed E-state index contributed by atoms with van der Waals surface area (Å²) >= 11 is 2.58. The van der Waals surface area contributed by atoms with E-state index in [4.69, 9.17) is 9.15 Å². The summed E-state index contributed by atoms with van der Waals surface area (Å²) in [6, 6.07) is 3.81. The highest BCUT2D eigenvalue weighted by Crippen LogP contribution is 2.23. The maximum Gasteiger partial charge on any atom is 0.326 e. The number of oxazole rings is 1. The van der Waals surface area contributed by atoms with E-state index >= 15 is 0 Å². The topological polar surface area (TPSA) is 74.3 Å². The fourth-order valence-electron chi connectivity index (χ4n) is 1.81. The molecule has 0 N–H and O–H groups in total. The Balaban J connectivity index is 1.59. The highest BCUT2D eigenvalue weighted by Gasteiger charge is 2.12. The van der Waals surface area contributed by atoms with Crippen LogP contribution >= 0.6 is 22.7 Å². The van der Waals surface area contributed by atoms with E-state index in [0.29, 0.717) is 11.6 Å². The lowest BCUT2D eigenvalue weighted by molar-refractivity contribution is -0.145. The average molecular weight is 336 g/mol. The van der Waals surface area contributed by atoms with Gasteiger partial charge >= 0.3 is 10.8 Å². The zero-order valence-corrected chi connectivity index (χ0v) is 13.3. The van der Waals surface area contributed by atoms with Crippen molar-refractivity contribution in [3.63, 3.8) is 0 Å². The van der Waals surface area contributed by atoms with Crippen LogP contribution in [0.15, 0.2) is 38.4 Å². The molecule has 3 aromatic rings. The summed E-state index contributed by atoms with van der Waals surface area (Å²) < 4.78 is 11.9. The van der Waals surface area contributed by atoms with Crippen molar-refractivity contribution in [2.45, 2.75) is 20.1 Å². The van der Waals surface area contributed by atoms with Gasteiger partial charge in [0.15, 0.2) is 0 Å². The molecule has 8 heteroatoms. The fourth-order valence-corrected chi connectivity index (χ4v) is 3.20. The Morgan fingerprint density at radius 3 is 3.00 bits per heavy atom. The second kappa shape index (κ2) is 6.29. The first-order valence-electron chi connectivity index (χ1n) is 6.42. The summed E-state index contributed by atoms with van der Waals surface area (Å²) in [7, 11) is 0. The predicted molar refractivity (Wildman–Crippen MR) is 82.9 cm³/mol. The van der Waals surface area contributed by atoms with Gasteiger partial charge in [-0.3, -0.25) is 14.2 Å². The van der Waals surface area contributed by atoms with Gasteiger partial charge in [0.1, 0.15) is 25.1 Å². The van der Waals surface area contributed by atoms with Gasteiger partial charge in [-0.1, -0.05) is 17.4 Å². The zero-order chi connectivity index (χ0) is 15.5. The van der Waals surface area contributed by atoms with Crippen LogP contribution in [-0.4, -0.2) is 15.5 Å². The Kier molecular flexibility index (Phi) is 4.21.